The fraction of sp³-hybridized carbons (Fsp3) is 0.471. The predicted octanol–water partition coefficient (Wildman–Crippen LogP) is 5.58. The maximum atomic E-state index is 12.0. The van der Waals surface area contributed by atoms with E-state index in [1.165, 1.54) is 0 Å². The Morgan fingerprint density at radius 1 is 0.927 bits per heavy atom. The van der Waals surface area contributed by atoms with Crippen molar-refractivity contribution in [2.24, 2.45) is 0 Å². The maximum absolute atomic E-state index is 12.0. The van der Waals surface area contributed by atoms with Gasteiger partial charge >= 0.3 is 6.16 Å². The SMILES string of the molecule is CCCCc1nc(Cl)c(C=O)n1Cc1ccc(-c2ccccc2-c2nnn(C(C)OC(=O)OCCOCCO[N+](=O)[O-])n2)cc1.COCCCCO[N+](=O)[O-]. The monoisotopic (exact) mass is 790 g/mol. The summed E-state index contributed by atoms with van der Waals surface area (Å²) >= 11 is 6.23. The van der Waals surface area contributed by atoms with Gasteiger partial charge in [-0.2, -0.15) is 0 Å². The molecule has 0 aliphatic carbocycles. The van der Waals surface area contributed by atoms with Gasteiger partial charge in [0.1, 0.15) is 24.7 Å². The van der Waals surface area contributed by atoms with E-state index >= 15 is 0 Å². The number of rotatable bonds is 23. The molecule has 4 aromatic rings. The van der Waals surface area contributed by atoms with Crippen molar-refractivity contribution >= 4 is 24.0 Å². The summed E-state index contributed by atoms with van der Waals surface area (Å²) in [4.78, 5) is 57.1. The van der Waals surface area contributed by atoms with Crippen molar-refractivity contribution in [2.75, 3.05) is 46.8 Å². The first-order chi connectivity index (χ1) is 26.6. The van der Waals surface area contributed by atoms with E-state index in [0.717, 1.165) is 64.8 Å². The molecule has 0 fully saturated rings. The normalized spacial score (nSPS) is 11.2. The molecule has 2 heterocycles. The molecule has 2 aromatic heterocycles. The van der Waals surface area contributed by atoms with Crippen LogP contribution in [0, 0.1) is 20.2 Å². The second kappa shape index (κ2) is 23.8. The van der Waals surface area contributed by atoms with Gasteiger partial charge in [0.2, 0.25) is 12.1 Å². The molecule has 21 heteroatoms. The number of hydrogen-bond donors (Lipinski definition) is 0. The number of carbonyl (C=O) groups excluding carboxylic acids is 2. The summed E-state index contributed by atoms with van der Waals surface area (Å²) in [5.74, 6) is 1.11. The van der Waals surface area contributed by atoms with Gasteiger partial charge in [0.25, 0.3) is 10.2 Å². The van der Waals surface area contributed by atoms with Gasteiger partial charge in [-0.15, -0.1) is 35.2 Å². The number of aldehydes is 1. The summed E-state index contributed by atoms with van der Waals surface area (Å²) in [7, 11) is 1.59. The van der Waals surface area contributed by atoms with Crippen LogP contribution in [0.5, 0.6) is 0 Å². The van der Waals surface area contributed by atoms with Crippen molar-refractivity contribution in [1.82, 2.24) is 29.8 Å². The lowest BCUT2D eigenvalue weighted by atomic mass is 9.98. The standard InChI is InChI=1S/C29H32ClN7O8.C5H11NO4/c1-3-4-9-26-31-27(30)25(19-38)35(26)18-21-10-12-22(13-11-21)23-7-5-6-8-24(23)28-32-34-36(33-28)20(2)45-29(39)43-16-14-42-15-17-44-37(40)41;1-9-4-2-3-5-10-6(7)8/h5-8,10-13,19-20H,3-4,9,14-18H2,1-2H3;2-5H2,1H3. The van der Waals surface area contributed by atoms with Crippen LogP contribution in [-0.4, -0.2) is 99.1 Å². The third-order valence-corrected chi connectivity index (χ3v) is 7.79. The molecule has 0 N–H and O–H groups in total. The van der Waals surface area contributed by atoms with Crippen LogP contribution in [0.2, 0.25) is 5.15 Å². The number of aromatic nitrogens is 6. The zero-order chi connectivity index (χ0) is 40.0. The number of tetrazole rings is 1. The van der Waals surface area contributed by atoms with E-state index in [4.69, 9.17) is 30.5 Å². The molecule has 0 saturated heterocycles. The molecule has 0 aliphatic heterocycles. The van der Waals surface area contributed by atoms with E-state index in [1.54, 1.807) is 14.0 Å². The number of imidazole rings is 1. The van der Waals surface area contributed by atoms with Gasteiger partial charge in [0, 0.05) is 32.2 Å². The van der Waals surface area contributed by atoms with Crippen LogP contribution in [0.3, 0.4) is 0 Å². The van der Waals surface area contributed by atoms with Gasteiger partial charge in [-0.3, -0.25) is 4.79 Å². The van der Waals surface area contributed by atoms with Gasteiger partial charge in [-0.1, -0.05) is 73.5 Å². The molecular weight excluding hydrogens is 748 g/mol. The number of hydrogen-bond acceptors (Lipinski definition) is 16. The first-order valence-corrected chi connectivity index (χ1v) is 17.6. The van der Waals surface area contributed by atoms with E-state index < -0.39 is 22.6 Å². The van der Waals surface area contributed by atoms with Crippen LogP contribution in [0.1, 0.15) is 67.6 Å². The highest BCUT2D eigenvalue weighted by Gasteiger charge is 2.19. The second-order valence-electron chi connectivity index (χ2n) is 11.4. The Morgan fingerprint density at radius 2 is 1.60 bits per heavy atom. The molecule has 0 radical (unpaired) electrons. The smallest absolute Gasteiger partial charge is 0.432 e. The van der Waals surface area contributed by atoms with Crippen LogP contribution in [0.25, 0.3) is 22.5 Å². The largest absolute Gasteiger partial charge is 0.510 e. The topological polar surface area (TPSA) is 237 Å². The first-order valence-electron chi connectivity index (χ1n) is 17.2. The van der Waals surface area contributed by atoms with Crippen LogP contribution < -0.4 is 0 Å². The Morgan fingerprint density at radius 3 is 2.27 bits per heavy atom. The minimum absolute atomic E-state index is 0.00568. The quantitative estimate of drug-likeness (QED) is 0.0293. The fourth-order valence-electron chi connectivity index (χ4n) is 4.85. The zero-order valence-corrected chi connectivity index (χ0v) is 31.4. The third-order valence-electron chi connectivity index (χ3n) is 7.51. The lowest BCUT2D eigenvalue weighted by Crippen LogP contribution is -2.19. The van der Waals surface area contributed by atoms with E-state index in [9.17, 15) is 29.8 Å². The summed E-state index contributed by atoms with van der Waals surface area (Å²) in [6.07, 6.45) is 2.98. The van der Waals surface area contributed by atoms with Crippen LogP contribution in [-0.2, 0) is 41.6 Å². The Bertz CT molecular complexity index is 1800. The lowest BCUT2D eigenvalue weighted by Gasteiger charge is -2.12. The number of carbonyl (C=O) groups is 2. The molecule has 0 aliphatic rings. The molecule has 0 amide bonds. The average molecular weight is 791 g/mol. The Balaban J connectivity index is 0.000000712. The highest BCUT2D eigenvalue weighted by Crippen LogP contribution is 2.30. The van der Waals surface area contributed by atoms with Crippen LogP contribution >= 0.6 is 11.6 Å². The fourth-order valence-corrected chi connectivity index (χ4v) is 5.09. The van der Waals surface area contributed by atoms with Crippen molar-refractivity contribution < 1.29 is 48.4 Å². The average Bonchev–Trinajstić information content (AvgIpc) is 3.78. The first kappa shape index (κ1) is 43.7. The van der Waals surface area contributed by atoms with Gasteiger partial charge in [0.15, 0.2) is 11.4 Å². The highest BCUT2D eigenvalue weighted by molar-refractivity contribution is 6.31. The molecule has 1 unspecified atom stereocenters. The molecule has 55 heavy (non-hydrogen) atoms. The highest BCUT2D eigenvalue weighted by atomic mass is 35.5. The summed E-state index contributed by atoms with van der Waals surface area (Å²) in [6.45, 7) is 4.52. The lowest BCUT2D eigenvalue weighted by molar-refractivity contribution is -0.758. The summed E-state index contributed by atoms with van der Waals surface area (Å²) < 4.78 is 21.8. The van der Waals surface area contributed by atoms with Crippen molar-refractivity contribution in [3.8, 4) is 22.5 Å². The van der Waals surface area contributed by atoms with Gasteiger partial charge in [0.05, 0.1) is 19.8 Å². The number of aryl methyl sites for hydroxylation is 1. The third kappa shape index (κ3) is 14.9. The molecule has 4 rings (SSSR count). The van der Waals surface area contributed by atoms with Crippen molar-refractivity contribution in [2.45, 2.75) is 58.7 Å². The van der Waals surface area contributed by atoms with Gasteiger partial charge in [-0.25, -0.2) is 9.78 Å². The van der Waals surface area contributed by atoms with Gasteiger partial charge in [-0.05, 0) is 48.1 Å². The predicted molar refractivity (Wildman–Crippen MR) is 194 cm³/mol. The van der Waals surface area contributed by atoms with Crippen molar-refractivity contribution in [1.29, 1.82) is 0 Å². The van der Waals surface area contributed by atoms with E-state index in [1.807, 2.05) is 53.1 Å². The summed E-state index contributed by atoms with van der Waals surface area (Å²) in [5.41, 5.74) is 3.84. The van der Waals surface area contributed by atoms with Crippen LogP contribution in [0.15, 0.2) is 48.5 Å². The summed E-state index contributed by atoms with van der Waals surface area (Å²) in [6, 6.07) is 15.5. The zero-order valence-electron chi connectivity index (χ0n) is 30.6. The van der Waals surface area contributed by atoms with Crippen molar-refractivity contribution in [3.63, 3.8) is 0 Å². The number of halogens is 1. The second-order valence-corrected chi connectivity index (χ2v) is 11.8. The number of nitrogens with zero attached hydrogens (tertiary/aromatic N) is 8. The number of ether oxygens (including phenoxy) is 4. The van der Waals surface area contributed by atoms with Crippen molar-refractivity contribution in [3.05, 3.63) is 91.0 Å². The Labute approximate surface area is 320 Å². The van der Waals surface area contributed by atoms with E-state index in [2.05, 4.69) is 37.0 Å². The van der Waals surface area contributed by atoms with Gasteiger partial charge < -0.3 is 33.2 Å². The van der Waals surface area contributed by atoms with E-state index in [-0.39, 0.29) is 38.2 Å². The molecule has 20 nitrogen and oxygen atoms in total. The molecule has 2 aromatic carbocycles. The molecule has 298 valence electrons. The minimum atomic E-state index is -0.970. The van der Waals surface area contributed by atoms with Crippen LogP contribution in [0.4, 0.5) is 4.79 Å². The Kier molecular flexibility index (Phi) is 18.9. The molecule has 1 atom stereocenters. The molecule has 0 saturated carbocycles. The number of unbranched alkanes of at least 4 members (excludes halogenated alkanes) is 2. The maximum Gasteiger partial charge on any atom is 0.510 e. The molecule has 0 spiro atoms. The Hall–Kier alpha value is -5.73. The minimum Gasteiger partial charge on any atom is -0.432 e. The molecular formula is C34H43ClN8O12. The number of methoxy groups -OCH3 is 1. The summed E-state index contributed by atoms with van der Waals surface area (Å²) in [5, 5.41) is 30.8. The molecule has 0 bridgehead atoms. The number of benzene rings is 2. The van der Waals surface area contributed by atoms with E-state index in [0.29, 0.717) is 31.1 Å².